The molecule has 3 atom stereocenters. The maximum Gasteiger partial charge on any atom is 0.513 e. The number of carbonyl (C=O) groups excluding carboxylic acids is 4. The summed E-state index contributed by atoms with van der Waals surface area (Å²) in [6, 6.07) is 3.17. The van der Waals surface area contributed by atoms with Gasteiger partial charge < -0.3 is 38.9 Å². The van der Waals surface area contributed by atoms with Gasteiger partial charge in [-0.25, -0.2) is 14.4 Å². The number of nitrogens with two attached hydrogens (primary N) is 1. The highest BCUT2D eigenvalue weighted by molar-refractivity contribution is 5.76. The van der Waals surface area contributed by atoms with E-state index in [9.17, 15) is 19.2 Å². The van der Waals surface area contributed by atoms with Crippen molar-refractivity contribution in [3.63, 3.8) is 0 Å². The molecule has 2 N–H and O–H groups in total. The van der Waals surface area contributed by atoms with Crippen molar-refractivity contribution < 1.29 is 52.3 Å². The van der Waals surface area contributed by atoms with E-state index < -0.39 is 36.6 Å². The van der Waals surface area contributed by atoms with Crippen LogP contribution in [0.25, 0.3) is 0 Å². The Balaban J connectivity index is 2.75. The average Bonchev–Trinajstić information content (AvgIpc) is 2.79. The molecule has 0 aliphatic rings. The summed E-state index contributed by atoms with van der Waals surface area (Å²) in [5.74, 6) is -0.960. The van der Waals surface area contributed by atoms with Gasteiger partial charge in [0, 0.05) is 0 Å². The predicted molar refractivity (Wildman–Crippen MR) is 121 cm³/mol. The number of esters is 1. The fourth-order valence-electron chi connectivity index (χ4n) is 2.44. The summed E-state index contributed by atoms with van der Waals surface area (Å²) in [6.07, 6.45) is -3.25. The zero-order valence-corrected chi connectivity index (χ0v) is 20.6. The molecule has 0 saturated heterocycles. The van der Waals surface area contributed by atoms with Crippen LogP contribution in [0.1, 0.15) is 46.6 Å². The lowest BCUT2D eigenvalue weighted by molar-refractivity contribution is -0.148. The standard InChI is InChI=1S/C23H33NO11/c1-6-14(4)32-23(28)33-15(5)13-31-20(25)17(24)11-16-9-10-18(34-21(26)29-7-2)19(12-16)35-22(27)30-8-3/h9-10,12,14-15,17H,6-8,11,13,24H2,1-5H3/t14?,15-,17-/m0/s1. The van der Waals surface area contributed by atoms with Crippen molar-refractivity contribution in [3.8, 4) is 11.5 Å². The van der Waals surface area contributed by atoms with E-state index in [-0.39, 0.29) is 43.8 Å². The lowest BCUT2D eigenvalue weighted by atomic mass is 10.1. The van der Waals surface area contributed by atoms with Gasteiger partial charge in [0.1, 0.15) is 24.9 Å². The van der Waals surface area contributed by atoms with Crippen molar-refractivity contribution in [2.24, 2.45) is 5.73 Å². The average molecular weight is 500 g/mol. The molecule has 0 aliphatic heterocycles. The molecular formula is C23H33NO11. The van der Waals surface area contributed by atoms with Gasteiger partial charge in [0.15, 0.2) is 11.5 Å². The minimum atomic E-state index is -1.08. The van der Waals surface area contributed by atoms with Gasteiger partial charge in [0.05, 0.1) is 13.2 Å². The summed E-state index contributed by atoms with van der Waals surface area (Å²) in [6.45, 7) is 8.27. The summed E-state index contributed by atoms with van der Waals surface area (Å²) in [7, 11) is 0. The largest absolute Gasteiger partial charge is 0.513 e. The number of ether oxygens (including phenoxy) is 7. The minimum absolute atomic E-state index is 0.00298. The lowest BCUT2D eigenvalue weighted by Gasteiger charge is -2.17. The second-order valence-corrected chi connectivity index (χ2v) is 7.31. The number of carbonyl (C=O) groups is 4. The highest BCUT2D eigenvalue weighted by atomic mass is 16.7. The van der Waals surface area contributed by atoms with Gasteiger partial charge in [-0.05, 0) is 58.2 Å². The molecule has 196 valence electrons. The van der Waals surface area contributed by atoms with Crippen molar-refractivity contribution in [1.29, 1.82) is 0 Å². The Hall–Kier alpha value is -3.54. The molecule has 0 saturated carbocycles. The number of hydrogen-bond acceptors (Lipinski definition) is 12. The SMILES string of the molecule is CCOC(=O)Oc1ccc(C[C@H](N)C(=O)OC[C@H](C)OC(=O)OC(C)CC)cc1OC(=O)OCC. The first kappa shape index (κ1) is 29.5. The molecule has 0 spiro atoms. The Morgan fingerprint density at radius 1 is 0.800 bits per heavy atom. The van der Waals surface area contributed by atoms with E-state index in [1.165, 1.54) is 25.1 Å². The van der Waals surface area contributed by atoms with Gasteiger partial charge >= 0.3 is 24.4 Å². The Morgan fingerprint density at radius 2 is 1.37 bits per heavy atom. The van der Waals surface area contributed by atoms with Crippen molar-refractivity contribution in [2.75, 3.05) is 19.8 Å². The highest BCUT2D eigenvalue weighted by Crippen LogP contribution is 2.30. The summed E-state index contributed by atoms with van der Waals surface area (Å²) in [5.41, 5.74) is 6.41. The van der Waals surface area contributed by atoms with Crippen LogP contribution in [-0.2, 0) is 34.9 Å². The van der Waals surface area contributed by atoms with E-state index in [0.29, 0.717) is 12.0 Å². The molecule has 1 unspecified atom stereocenters. The number of benzene rings is 1. The van der Waals surface area contributed by atoms with E-state index in [1.807, 2.05) is 6.92 Å². The second kappa shape index (κ2) is 15.4. The number of hydrogen-bond donors (Lipinski definition) is 1. The van der Waals surface area contributed by atoms with Crippen molar-refractivity contribution in [1.82, 2.24) is 0 Å². The minimum Gasteiger partial charge on any atom is -0.461 e. The van der Waals surface area contributed by atoms with Gasteiger partial charge in [0.25, 0.3) is 0 Å². The fourth-order valence-corrected chi connectivity index (χ4v) is 2.44. The Kier molecular flexibility index (Phi) is 13.0. The molecule has 35 heavy (non-hydrogen) atoms. The zero-order chi connectivity index (χ0) is 26.4. The van der Waals surface area contributed by atoms with E-state index in [0.717, 1.165) is 0 Å². The molecule has 0 fully saturated rings. The van der Waals surface area contributed by atoms with E-state index >= 15 is 0 Å². The van der Waals surface area contributed by atoms with Gasteiger partial charge in [-0.2, -0.15) is 0 Å². The molecule has 1 rings (SSSR count). The summed E-state index contributed by atoms with van der Waals surface area (Å²) < 4.78 is 34.7. The molecule has 12 heteroatoms. The van der Waals surface area contributed by atoms with Crippen LogP contribution in [-0.4, -0.2) is 62.5 Å². The quantitative estimate of drug-likeness (QED) is 0.254. The van der Waals surface area contributed by atoms with Crippen LogP contribution >= 0.6 is 0 Å². The molecule has 0 aliphatic carbocycles. The topological polar surface area (TPSA) is 159 Å². The lowest BCUT2D eigenvalue weighted by Crippen LogP contribution is -2.36. The Bertz CT molecular complexity index is 858. The van der Waals surface area contributed by atoms with Crippen LogP contribution in [0, 0.1) is 0 Å². The second-order valence-electron chi connectivity index (χ2n) is 7.31. The smallest absolute Gasteiger partial charge is 0.461 e. The molecule has 0 amide bonds. The first-order chi connectivity index (χ1) is 16.6. The van der Waals surface area contributed by atoms with Crippen molar-refractivity contribution in [3.05, 3.63) is 23.8 Å². The first-order valence-electron chi connectivity index (χ1n) is 11.2. The van der Waals surface area contributed by atoms with E-state index in [4.69, 9.17) is 38.9 Å². The molecule has 0 bridgehead atoms. The molecule has 12 nitrogen and oxygen atoms in total. The third-order valence-corrected chi connectivity index (χ3v) is 4.31. The van der Waals surface area contributed by atoms with Crippen LogP contribution in [0.3, 0.4) is 0 Å². The molecule has 0 aromatic heterocycles. The van der Waals surface area contributed by atoms with Crippen LogP contribution in [0.5, 0.6) is 11.5 Å². The third-order valence-electron chi connectivity index (χ3n) is 4.31. The first-order valence-corrected chi connectivity index (χ1v) is 11.2. The molecule has 1 aromatic rings. The monoisotopic (exact) mass is 499 g/mol. The van der Waals surface area contributed by atoms with Crippen LogP contribution < -0.4 is 15.2 Å². The third kappa shape index (κ3) is 11.4. The van der Waals surface area contributed by atoms with Crippen molar-refractivity contribution in [2.45, 2.75) is 65.7 Å². The van der Waals surface area contributed by atoms with Crippen LogP contribution in [0.2, 0.25) is 0 Å². The molecule has 0 radical (unpaired) electrons. The maximum atomic E-state index is 12.3. The molecule has 0 heterocycles. The summed E-state index contributed by atoms with van der Waals surface area (Å²) in [4.78, 5) is 47.3. The maximum absolute atomic E-state index is 12.3. The summed E-state index contributed by atoms with van der Waals surface area (Å²) >= 11 is 0. The van der Waals surface area contributed by atoms with E-state index in [2.05, 4.69) is 0 Å². The fraction of sp³-hybridized carbons (Fsp3) is 0.565. The highest BCUT2D eigenvalue weighted by Gasteiger charge is 2.21. The van der Waals surface area contributed by atoms with Gasteiger partial charge in [0.2, 0.25) is 0 Å². The van der Waals surface area contributed by atoms with E-state index in [1.54, 1.807) is 20.8 Å². The Labute approximate surface area is 203 Å². The van der Waals surface area contributed by atoms with Crippen molar-refractivity contribution >= 4 is 24.4 Å². The Morgan fingerprint density at radius 3 is 1.94 bits per heavy atom. The van der Waals surface area contributed by atoms with Crippen LogP contribution in [0.15, 0.2) is 18.2 Å². The van der Waals surface area contributed by atoms with Gasteiger partial charge in [-0.3, -0.25) is 4.79 Å². The predicted octanol–water partition coefficient (Wildman–Crippen LogP) is 3.51. The normalized spacial score (nSPS) is 13.0. The van der Waals surface area contributed by atoms with Crippen LogP contribution in [0.4, 0.5) is 14.4 Å². The molecule has 1 aromatic carbocycles. The van der Waals surface area contributed by atoms with Gasteiger partial charge in [-0.1, -0.05) is 13.0 Å². The zero-order valence-electron chi connectivity index (χ0n) is 20.6. The number of rotatable bonds is 12. The van der Waals surface area contributed by atoms with Gasteiger partial charge in [-0.15, -0.1) is 0 Å². The summed E-state index contributed by atoms with van der Waals surface area (Å²) in [5, 5.41) is 0. The molecular weight excluding hydrogens is 466 g/mol.